The predicted octanol–water partition coefficient (Wildman–Crippen LogP) is 5.43. The summed E-state index contributed by atoms with van der Waals surface area (Å²) in [6.07, 6.45) is 5.62. The molecule has 3 N–H and O–H groups in total. The fraction of sp³-hybridized carbons (Fsp3) is 0.417. The molecule has 0 aliphatic rings. The van der Waals surface area contributed by atoms with Gasteiger partial charge >= 0.3 is 0 Å². The monoisotopic (exact) mass is 411 g/mol. The molecule has 162 valence electrons. The van der Waals surface area contributed by atoms with E-state index >= 15 is 0 Å². The maximum Gasteiger partial charge on any atom is 0.243 e. The summed E-state index contributed by atoms with van der Waals surface area (Å²) in [6, 6.07) is 14.8. The zero-order valence-corrected chi connectivity index (χ0v) is 18.0. The second kappa shape index (κ2) is 13.2. The van der Waals surface area contributed by atoms with Gasteiger partial charge in [-0.3, -0.25) is 9.59 Å². The molecule has 0 heterocycles. The molecule has 0 unspecified atom stereocenters. The van der Waals surface area contributed by atoms with Crippen LogP contribution in [0.1, 0.15) is 52.4 Å². The Kier molecular flexibility index (Phi) is 10.3. The minimum absolute atomic E-state index is 0.00497. The van der Waals surface area contributed by atoms with Crippen molar-refractivity contribution in [1.82, 2.24) is 0 Å². The van der Waals surface area contributed by atoms with Crippen molar-refractivity contribution < 1.29 is 14.3 Å². The summed E-state index contributed by atoms with van der Waals surface area (Å²) in [6.45, 7) is 5.05. The number of amides is 2. The molecular weight excluding hydrogens is 378 g/mol. The van der Waals surface area contributed by atoms with Gasteiger partial charge in [0.15, 0.2) is 0 Å². The van der Waals surface area contributed by atoms with E-state index in [1.807, 2.05) is 36.4 Å². The number of nitrogens with one attached hydrogen (secondary N) is 3. The lowest BCUT2D eigenvalue weighted by atomic mass is 10.2. The van der Waals surface area contributed by atoms with Gasteiger partial charge in [0.2, 0.25) is 11.8 Å². The van der Waals surface area contributed by atoms with E-state index < -0.39 is 0 Å². The second-order valence-corrected chi connectivity index (χ2v) is 7.22. The first-order chi connectivity index (χ1) is 14.6. The molecule has 0 atom stereocenters. The van der Waals surface area contributed by atoms with Crippen LogP contribution < -0.4 is 20.7 Å². The van der Waals surface area contributed by atoms with Crippen LogP contribution in [0.15, 0.2) is 48.5 Å². The molecule has 6 heteroatoms. The number of rotatable bonds is 13. The van der Waals surface area contributed by atoms with Gasteiger partial charge in [0.1, 0.15) is 5.75 Å². The molecule has 2 aromatic carbocycles. The van der Waals surface area contributed by atoms with E-state index in [4.69, 9.17) is 4.74 Å². The predicted molar refractivity (Wildman–Crippen MR) is 123 cm³/mol. The molecule has 0 spiro atoms. The van der Waals surface area contributed by atoms with Gasteiger partial charge in [-0.15, -0.1) is 0 Å². The van der Waals surface area contributed by atoms with E-state index in [0.29, 0.717) is 24.4 Å². The smallest absolute Gasteiger partial charge is 0.243 e. The molecule has 6 nitrogen and oxygen atoms in total. The molecular formula is C24H33N3O3. The SMILES string of the molecule is CCCCCC(=O)Nc1cccc(NC(=O)CNc2cccc(OCCCC)c2)c1. The minimum atomic E-state index is -0.168. The Morgan fingerprint density at radius 3 is 2.20 bits per heavy atom. The highest BCUT2D eigenvalue weighted by Gasteiger charge is 2.06. The zero-order valence-electron chi connectivity index (χ0n) is 18.0. The minimum Gasteiger partial charge on any atom is -0.494 e. The number of hydrogen-bond acceptors (Lipinski definition) is 4. The van der Waals surface area contributed by atoms with Crippen molar-refractivity contribution in [3.05, 3.63) is 48.5 Å². The van der Waals surface area contributed by atoms with Crippen LogP contribution in [0.25, 0.3) is 0 Å². The number of ether oxygens (including phenoxy) is 1. The van der Waals surface area contributed by atoms with Crippen LogP contribution in [0, 0.1) is 0 Å². The second-order valence-electron chi connectivity index (χ2n) is 7.22. The zero-order chi connectivity index (χ0) is 21.6. The maximum absolute atomic E-state index is 12.3. The number of unbranched alkanes of at least 4 members (excludes halogenated alkanes) is 3. The van der Waals surface area contributed by atoms with Crippen molar-refractivity contribution in [3.63, 3.8) is 0 Å². The molecule has 2 aromatic rings. The van der Waals surface area contributed by atoms with Gasteiger partial charge in [0.25, 0.3) is 0 Å². The first kappa shape index (κ1) is 23.3. The number of anilines is 3. The first-order valence-electron chi connectivity index (χ1n) is 10.8. The Labute approximate surface area is 179 Å². The first-order valence-corrected chi connectivity index (χ1v) is 10.8. The fourth-order valence-corrected chi connectivity index (χ4v) is 2.85. The summed E-state index contributed by atoms with van der Waals surface area (Å²) in [5.41, 5.74) is 2.15. The Hall–Kier alpha value is -3.02. The number of hydrogen-bond donors (Lipinski definition) is 3. The summed E-state index contributed by atoms with van der Waals surface area (Å²) >= 11 is 0. The van der Waals surface area contributed by atoms with E-state index in [2.05, 4.69) is 29.8 Å². The number of carbonyl (C=O) groups excluding carboxylic acids is 2. The highest BCUT2D eigenvalue weighted by molar-refractivity contribution is 5.95. The average Bonchev–Trinajstić information content (AvgIpc) is 2.73. The van der Waals surface area contributed by atoms with Gasteiger partial charge in [0.05, 0.1) is 13.2 Å². The van der Waals surface area contributed by atoms with E-state index in [-0.39, 0.29) is 18.4 Å². The lowest BCUT2D eigenvalue weighted by Gasteiger charge is -2.11. The molecule has 0 aliphatic heterocycles. The molecule has 0 bridgehead atoms. The quantitative estimate of drug-likeness (QED) is 0.384. The molecule has 0 aromatic heterocycles. The third-order valence-electron chi connectivity index (χ3n) is 4.49. The number of benzene rings is 2. The molecule has 0 saturated carbocycles. The standard InChI is InChI=1S/C24H33N3O3/c1-3-5-7-14-23(28)26-20-11-8-12-21(16-20)27-24(29)18-25-19-10-9-13-22(17-19)30-15-6-4-2/h8-13,16-17,25H,3-7,14-15,18H2,1-2H3,(H,26,28)(H,27,29). The molecule has 2 amide bonds. The normalized spacial score (nSPS) is 10.3. The van der Waals surface area contributed by atoms with Crippen molar-refractivity contribution in [3.8, 4) is 5.75 Å². The van der Waals surface area contributed by atoms with Crippen LogP contribution in [0.2, 0.25) is 0 Å². The van der Waals surface area contributed by atoms with Crippen LogP contribution in [-0.2, 0) is 9.59 Å². The van der Waals surface area contributed by atoms with Gasteiger partial charge in [-0.1, -0.05) is 45.2 Å². The van der Waals surface area contributed by atoms with Crippen molar-refractivity contribution >= 4 is 28.9 Å². The van der Waals surface area contributed by atoms with Crippen LogP contribution in [0.3, 0.4) is 0 Å². The third-order valence-corrected chi connectivity index (χ3v) is 4.49. The molecule has 0 radical (unpaired) electrons. The highest BCUT2D eigenvalue weighted by Crippen LogP contribution is 2.18. The summed E-state index contributed by atoms with van der Waals surface area (Å²) in [7, 11) is 0. The molecule has 0 fully saturated rings. The van der Waals surface area contributed by atoms with E-state index in [1.54, 1.807) is 12.1 Å². The van der Waals surface area contributed by atoms with Gasteiger partial charge in [-0.05, 0) is 43.2 Å². The molecule has 0 aliphatic carbocycles. The molecule has 0 saturated heterocycles. The van der Waals surface area contributed by atoms with E-state index in [0.717, 1.165) is 43.5 Å². The van der Waals surface area contributed by atoms with Crippen LogP contribution in [0.5, 0.6) is 5.75 Å². The summed E-state index contributed by atoms with van der Waals surface area (Å²) in [5.74, 6) is 0.615. The summed E-state index contributed by atoms with van der Waals surface area (Å²) in [4.78, 5) is 24.3. The number of carbonyl (C=O) groups is 2. The summed E-state index contributed by atoms with van der Waals surface area (Å²) < 4.78 is 5.69. The molecule has 30 heavy (non-hydrogen) atoms. The Balaban J connectivity index is 1.81. The van der Waals surface area contributed by atoms with E-state index in [1.165, 1.54) is 0 Å². The average molecular weight is 412 g/mol. The fourth-order valence-electron chi connectivity index (χ4n) is 2.85. The Morgan fingerprint density at radius 1 is 0.800 bits per heavy atom. The van der Waals surface area contributed by atoms with Crippen molar-refractivity contribution in [2.24, 2.45) is 0 Å². The van der Waals surface area contributed by atoms with Crippen molar-refractivity contribution in [2.45, 2.75) is 52.4 Å². The lowest BCUT2D eigenvalue weighted by molar-refractivity contribution is -0.116. The van der Waals surface area contributed by atoms with Crippen LogP contribution in [0.4, 0.5) is 17.1 Å². The molecule has 2 rings (SSSR count). The van der Waals surface area contributed by atoms with Gasteiger partial charge < -0.3 is 20.7 Å². The summed E-state index contributed by atoms with van der Waals surface area (Å²) in [5, 5.41) is 8.84. The topological polar surface area (TPSA) is 79.5 Å². The maximum atomic E-state index is 12.3. The van der Waals surface area contributed by atoms with Crippen molar-refractivity contribution in [2.75, 3.05) is 29.1 Å². The lowest BCUT2D eigenvalue weighted by Crippen LogP contribution is -2.21. The van der Waals surface area contributed by atoms with Crippen molar-refractivity contribution in [1.29, 1.82) is 0 Å². The van der Waals surface area contributed by atoms with Crippen LogP contribution in [-0.4, -0.2) is 25.0 Å². The Morgan fingerprint density at radius 2 is 1.47 bits per heavy atom. The van der Waals surface area contributed by atoms with E-state index in [9.17, 15) is 9.59 Å². The van der Waals surface area contributed by atoms with Gasteiger partial charge in [-0.25, -0.2) is 0 Å². The van der Waals surface area contributed by atoms with Gasteiger partial charge in [-0.2, -0.15) is 0 Å². The Bertz CT molecular complexity index is 808. The largest absolute Gasteiger partial charge is 0.494 e. The van der Waals surface area contributed by atoms with Crippen LogP contribution >= 0.6 is 0 Å². The highest BCUT2D eigenvalue weighted by atomic mass is 16.5. The van der Waals surface area contributed by atoms with Gasteiger partial charge in [0, 0.05) is 29.5 Å². The third kappa shape index (κ3) is 8.99.